The number of nitrogens with zero attached hydrogens (tertiary/aromatic N) is 1. The molecule has 0 fully saturated rings. The summed E-state index contributed by atoms with van der Waals surface area (Å²) in [4.78, 5) is 24.0. The quantitative estimate of drug-likeness (QED) is 0.561. The average molecular weight is 412 g/mol. The van der Waals surface area contributed by atoms with Crippen molar-refractivity contribution in [2.24, 2.45) is 0 Å². The van der Waals surface area contributed by atoms with Crippen LogP contribution in [0.3, 0.4) is 0 Å². The molecule has 0 unspecified atom stereocenters. The molecule has 8 heteroatoms. The van der Waals surface area contributed by atoms with E-state index in [4.69, 9.17) is 0 Å². The molecule has 3 N–H and O–H groups in total. The number of hydrazine groups is 1. The van der Waals surface area contributed by atoms with Gasteiger partial charge in [0.05, 0.1) is 0 Å². The molecule has 1 aromatic heterocycles. The lowest BCUT2D eigenvalue weighted by Crippen LogP contribution is -2.47. The van der Waals surface area contributed by atoms with Gasteiger partial charge in [-0.3, -0.25) is 10.2 Å². The molecule has 0 saturated heterocycles. The van der Waals surface area contributed by atoms with Crippen LogP contribution in [0.4, 0.5) is 13.6 Å². The zero-order chi connectivity index (χ0) is 21.7. The van der Waals surface area contributed by atoms with Gasteiger partial charge in [-0.2, -0.15) is 0 Å². The van der Waals surface area contributed by atoms with Gasteiger partial charge in [-0.1, -0.05) is 6.07 Å². The van der Waals surface area contributed by atoms with Crippen LogP contribution in [-0.4, -0.2) is 23.1 Å². The molecule has 0 radical (unpaired) electrons. The zero-order valence-electron chi connectivity index (χ0n) is 16.6. The third-order valence-corrected chi connectivity index (χ3v) is 4.67. The molecule has 3 amide bonds. The summed E-state index contributed by atoms with van der Waals surface area (Å²) in [6, 6.07) is 13.9. The van der Waals surface area contributed by atoms with Crippen molar-refractivity contribution in [3.8, 4) is 5.69 Å². The highest BCUT2D eigenvalue weighted by Gasteiger charge is 2.11. The maximum atomic E-state index is 13.6. The highest BCUT2D eigenvalue weighted by Crippen LogP contribution is 2.17. The number of hydrogen-bond acceptors (Lipinski definition) is 2. The van der Waals surface area contributed by atoms with Crippen LogP contribution in [0.1, 0.15) is 27.3 Å². The third-order valence-electron chi connectivity index (χ3n) is 4.67. The van der Waals surface area contributed by atoms with Crippen molar-refractivity contribution < 1.29 is 18.4 Å². The second-order valence-corrected chi connectivity index (χ2v) is 6.78. The Hall–Kier alpha value is -3.68. The molecule has 0 aliphatic heterocycles. The second kappa shape index (κ2) is 9.21. The van der Waals surface area contributed by atoms with Crippen molar-refractivity contribution in [1.82, 2.24) is 20.7 Å². The van der Waals surface area contributed by atoms with Gasteiger partial charge in [-0.15, -0.1) is 0 Å². The van der Waals surface area contributed by atoms with E-state index in [1.54, 1.807) is 12.1 Å². The molecule has 156 valence electrons. The van der Waals surface area contributed by atoms with Crippen LogP contribution in [0.25, 0.3) is 5.69 Å². The number of amides is 3. The Balaban J connectivity index is 1.48. The van der Waals surface area contributed by atoms with Crippen LogP contribution in [0.2, 0.25) is 0 Å². The van der Waals surface area contributed by atoms with Crippen molar-refractivity contribution >= 4 is 11.9 Å². The van der Waals surface area contributed by atoms with Crippen molar-refractivity contribution in [2.75, 3.05) is 6.54 Å². The standard InChI is InChI=1S/C22H22F2N4O2/c1-14-6-7-15(2)28(14)17-10-8-16(9-11-17)21(29)26-27-22(30)25-13-12-18-19(23)4-3-5-20(18)24/h3-11H,12-13H2,1-2H3,(H,26,29)(H2,25,27,30). The topological polar surface area (TPSA) is 75.2 Å². The first-order valence-electron chi connectivity index (χ1n) is 9.39. The number of nitrogens with one attached hydrogen (secondary N) is 3. The van der Waals surface area contributed by atoms with Crippen molar-refractivity contribution in [2.45, 2.75) is 20.3 Å². The molecule has 0 aliphatic carbocycles. The number of carbonyl (C=O) groups is 2. The maximum absolute atomic E-state index is 13.6. The lowest BCUT2D eigenvalue weighted by Gasteiger charge is -2.11. The van der Waals surface area contributed by atoms with Crippen LogP contribution < -0.4 is 16.2 Å². The van der Waals surface area contributed by atoms with Crippen LogP contribution in [0, 0.1) is 25.5 Å². The Labute approximate surface area is 172 Å². The van der Waals surface area contributed by atoms with Gasteiger partial charge in [0.1, 0.15) is 11.6 Å². The van der Waals surface area contributed by atoms with Gasteiger partial charge in [0.15, 0.2) is 0 Å². The molecule has 0 spiro atoms. The van der Waals surface area contributed by atoms with E-state index in [1.165, 1.54) is 6.07 Å². The SMILES string of the molecule is Cc1ccc(C)n1-c1ccc(C(=O)NNC(=O)NCCc2c(F)cccc2F)cc1. The Bertz CT molecular complexity index is 1020. The largest absolute Gasteiger partial charge is 0.336 e. The number of rotatable bonds is 5. The van der Waals surface area contributed by atoms with Crippen LogP contribution in [-0.2, 0) is 6.42 Å². The smallest absolute Gasteiger partial charge is 0.333 e. The van der Waals surface area contributed by atoms with E-state index in [0.29, 0.717) is 5.56 Å². The van der Waals surface area contributed by atoms with E-state index < -0.39 is 23.6 Å². The Kier molecular flexibility index (Phi) is 6.46. The Morgan fingerprint density at radius 1 is 0.867 bits per heavy atom. The second-order valence-electron chi connectivity index (χ2n) is 6.78. The van der Waals surface area contributed by atoms with Gasteiger partial charge in [-0.25, -0.2) is 19.0 Å². The van der Waals surface area contributed by atoms with Crippen molar-refractivity contribution in [1.29, 1.82) is 0 Å². The maximum Gasteiger partial charge on any atom is 0.333 e. The molecule has 30 heavy (non-hydrogen) atoms. The number of hydrogen-bond donors (Lipinski definition) is 3. The highest BCUT2D eigenvalue weighted by molar-refractivity contribution is 5.95. The first kappa shape index (κ1) is 21.0. The van der Waals surface area contributed by atoms with Gasteiger partial charge in [0.25, 0.3) is 5.91 Å². The van der Waals surface area contributed by atoms with Gasteiger partial charge in [0.2, 0.25) is 0 Å². The molecule has 0 aliphatic rings. The molecule has 0 saturated carbocycles. The minimum absolute atomic E-state index is 0.00380. The fourth-order valence-electron chi connectivity index (χ4n) is 3.14. The van der Waals surface area contributed by atoms with Gasteiger partial charge in [-0.05, 0) is 68.8 Å². The van der Waals surface area contributed by atoms with E-state index in [2.05, 4.69) is 20.7 Å². The minimum atomic E-state index is -0.685. The number of benzene rings is 2. The van der Waals surface area contributed by atoms with E-state index in [1.807, 2.05) is 38.1 Å². The normalized spacial score (nSPS) is 10.5. The van der Waals surface area contributed by atoms with E-state index >= 15 is 0 Å². The summed E-state index contributed by atoms with van der Waals surface area (Å²) < 4.78 is 29.2. The molecule has 0 bridgehead atoms. The molecular formula is C22H22F2N4O2. The van der Waals surface area contributed by atoms with E-state index in [0.717, 1.165) is 29.2 Å². The number of carbonyl (C=O) groups excluding carboxylic acids is 2. The third kappa shape index (κ3) is 4.83. The average Bonchev–Trinajstić information content (AvgIpc) is 3.06. The molecular weight excluding hydrogens is 390 g/mol. The summed E-state index contributed by atoms with van der Waals surface area (Å²) in [7, 11) is 0. The highest BCUT2D eigenvalue weighted by atomic mass is 19.1. The summed E-state index contributed by atoms with van der Waals surface area (Å²) in [5.74, 6) is -1.82. The monoisotopic (exact) mass is 412 g/mol. The van der Waals surface area contributed by atoms with Crippen LogP contribution in [0.5, 0.6) is 0 Å². The summed E-state index contributed by atoms with van der Waals surface area (Å²) in [6.07, 6.45) is -0.0143. The first-order valence-corrected chi connectivity index (χ1v) is 9.39. The molecule has 1 heterocycles. The zero-order valence-corrected chi connectivity index (χ0v) is 16.6. The summed E-state index contributed by atoms with van der Waals surface area (Å²) in [5.41, 5.74) is 7.87. The van der Waals surface area contributed by atoms with Gasteiger partial charge >= 0.3 is 6.03 Å². The van der Waals surface area contributed by atoms with E-state index in [9.17, 15) is 18.4 Å². The number of aromatic nitrogens is 1. The van der Waals surface area contributed by atoms with Gasteiger partial charge in [0, 0.05) is 34.7 Å². The first-order chi connectivity index (χ1) is 14.4. The van der Waals surface area contributed by atoms with Gasteiger partial charge < -0.3 is 9.88 Å². The van der Waals surface area contributed by atoms with Crippen molar-refractivity contribution in [3.05, 3.63) is 88.7 Å². The van der Waals surface area contributed by atoms with Crippen LogP contribution >= 0.6 is 0 Å². The molecule has 3 rings (SSSR count). The summed E-state index contributed by atoms with van der Waals surface area (Å²) in [6.45, 7) is 4.00. The fourth-order valence-corrected chi connectivity index (χ4v) is 3.14. The Morgan fingerprint density at radius 3 is 2.07 bits per heavy atom. The molecule has 0 atom stereocenters. The van der Waals surface area contributed by atoms with E-state index in [-0.39, 0.29) is 18.5 Å². The van der Waals surface area contributed by atoms with Crippen LogP contribution in [0.15, 0.2) is 54.6 Å². The summed E-state index contributed by atoms with van der Waals surface area (Å²) >= 11 is 0. The lowest BCUT2D eigenvalue weighted by atomic mass is 10.1. The molecule has 6 nitrogen and oxygen atoms in total. The Morgan fingerprint density at radius 2 is 1.47 bits per heavy atom. The predicted octanol–water partition coefficient (Wildman–Crippen LogP) is 3.56. The minimum Gasteiger partial charge on any atom is -0.336 e. The van der Waals surface area contributed by atoms with Crippen molar-refractivity contribution in [3.63, 3.8) is 0 Å². The lowest BCUT2D eigenvalue weighted by molar-refractivity contribution is 0.0936. The fraction of sp³-hybridized carbons (Fsp3) is 0.182. The summed E-state index contributed by atoms with van der Waals surface area (Å²) in [5, 5.41) is 2.43. The number of urea groups is 1. The number of halogens is 2. The molecule has 2 aromatic carbocycles. The molecule has 3 aromatic rings. The number of aryl methyl sites for hydroxylation is 2. The predicted molar refractivity (Wildman–Crippen MR) is 109 cm³/mol.